The van der Waals surface area contributed by atoms with Crippen LogP contribution in [0.5, 0.6) is 0 Å². The fourth-order valence-corrected chi connectivity index (χ4v) is 5.63. The Morgan fingerprint density at radius 1 is 0.971 bits per heavy atom. The monoisotopic (exact) mass is 486 g/mol. The van der Waals surface area contributed by atoms with Gasteiger partial charge in [-0.2, -0.15) is 4.31 Å². The third kappa shape index (κ3) is 4.51. The average molecular weight is 487 g/mol. The van der Waals surface area contributed by atoms with Crippen LogP contribution in [0, 0.1) is 6.92 Å². The number of oxazole rings is 1. The number of morpholine rings is 2. The van der Waals surface area contributed by atoms with Crippen LogP contribution in [0.1, 0.15) is 16.2 Å². The minimum atomic E-state index is -3.76. The van der Waals surface area contributed by atoms with Crippen molar-refractivity contribution in [3.63, 3.8) is 0 Å². The third-order valence-electron chi connectivity index (χ3n) is 5.92. The van der Waals surface area contributed by atoms with Crippen LogP contribution in [0.2, 0.25) is 0 Å². The summed E-state index contributed by atoms with van der Waals surface area (Å²) in [4.78, 5) is 19.9. The summed E-state index contributed by atoms with van der Waals surface area (Å²) in [5.74, 6) is 0.134. The number of amides is 1. The number of aryl methyl sites for hydroxylation is 1. The van der Waals surface area contributed by atoms with Crippen molar-refractivity contribution in [2.45, 2.75) is 11.8 Å². The van der Waals surface area contributed by atoms with Gasteiger partial charge in [0.2, 0.25) is 10.0 Å². The summed E-state index contributed by atoms with van der Waals surface area (Å²) in [6, 6.07) is 9.94. The topological polar surface area (TPSA) is 114 Å². The van der Waals surface area contributed by atoms with Gasteiger partial charge in [0.15, 0.2) is 11.5 Å². The molecule has 11 heteroatoms. The molecule has 10 nitrogen and oxygen atoms in total. The van der Waals surface area contributed by atoms with Crippen molar-refractivity contribution in [2.24, 2.45) is 0 Å². The molecule has 1 aromatic heterocycles. The Labute approximate surface area is 197 Å². The number of carbonyl (C=O) groups is 1. The molecule has 2 aromatic carbocycles. The molecule has 2 saturated heterocycles. The van der Waals surface area contributed by atoms with Crippen LogP contribution < -0.4 is 10.2 Å². The van der Waals surface area contributed by atoms with E-state index in [0.29, 0.717) is 67.9 Å². The van der Waals surface area contributed by atoms with Crippen LogP contribution in [0.4, 0.5) is 11.4 Å². The van der Waals surface area contributed by atoms with Gasteiger partial charge in [-0.15, -0.1) is 0 Å². The highest BCUT2D eigenvalue weighted by molar-refractivity contribution is 7.89. The molecule has 0 aliphatic carbocycles. The second-order valence-electron chi connectivity index (χ2n) is 8.16. The zero-order valence-corrected chi connectivity index (χ0v) is 19.6. The molecule has 3 aromatic rings. The van der Waals surface area contributed by atoms with Crippen molar-refractivity contribution in [1.82, 2.24) is 9.29 Å². The van der Waals surface area contributed by atoms with E-state index in [0.717, 1.165) is 0 Å². The molecule has 34 heavy (non-hydrogen) atoms. The number of benzene rings is 2. The van der Waals surface area contributed by atoms with E-state index in [4.69, 9.17) is 13.9 Å². The van der Waals surface area contributed by atoms with Gasteiger partial charge >= 0.3 is 0 Å². The van der Waals surface area contributed by atoms with Crippen LogP contribution >= 0.6 is 0 Å². The second kappa shape index (κ2) is 9.34. The molecule has 5 rings (SSSR count). The number of nitrogens with one attached hydrogen (secondary N) is 1. The van der Waals surface area contributed by atoms with Gasteiger partial charge in [-0.1, -0.05) is 0 Å². The number of sulfonamides is 1. The predicted molar refractivity (Wildman–Crippen MR) is 126 cm³/mol. The summed E-state index contributed by atoms with van der Waals surface area (Å²) in [5, 5.41) is 2.89. The summed E-state index contributed by atoms with van der Waals surface area (Å²) in [6.07, 6.45) is 0. The van der Waals surface area contributed by atoms with Gasteiger partial charge in [0.05, 0.1) is 36.9 Å². The Morgan fingerprint density at radius 2 is 1.68 bits per heavy atom. The summed E-state index contributed by atoms with van der Waals surface area (Å²) in [7, 11) is -3.76. The summed E-state index contributed by atoms with van der Waals surface area (Å²) < 4.78 is 44.1. The lowest BCUT2D eigenvalue weighted by Gasteiger charge is -2.31. The average Bonchev–Trinajstić information content (AvgIpc) is 3.24. The molecule has 1 N–H and O–H groups in total. The van der Waals surface area contributed by atoms with Crippen LogP contribution in [0.25, 0.3) is 11.1 Å². The maximum Gasteiger partial charge on any atom is 0.257 e. The summed E-state index contributed by atoms with van der Waals surface area (Å²) >= 11 is 0. The largest absolute Gasteiger partial charge is 0.441 e. The van der Waals surface area contributed by atoms with E-state index in [1.807, 2.05) is 4.90 Å². The Hall–Kier alpha value is -2.99. The quantitative estimate of drug-likeness (QED) is 0.584. The Morgan fingerprint density at radius 3 is 2.41 bits per heavy atom. The number of hydrogen-bond acceptors (Lipinski definition) is 8. The van der Waals surface area contributed by atoms with Crippen molar-refractivity contribution in [1.29, 1.82) is 0 Å². The van der Waals surface area contributed by atoms with Crippen molar-refractivity contribution in [3.8, 4) is 0 Å². The van der Waals surface area contributed by atoms with Gasteiger partial charge in [-0.25, -0.2) is 13.4 Å². The second-order valence-corrected chi connectivity index (χ2v) is 10.1. The van der Waals surface area contributed by atoms with Gasteiger partial charge in [0.1, 0.15) is 5.52 Å². The molecule has 0 bridgehead atoms. The maximum atomic E-state index is 13.4. The fraction of sp³-hybridized carbons (Fsp3) is 0.391. The minimum absolute atomic E-state index is 0.0825. The number of anilines is 2. The standard InChI is InChI=1S/C23H26N4O6S/c1-16-24-20-14-17(2-5-22(20)33-16)25-23(28)19-15-18(34(29,30)27-8-12-32-13-9-27)3-4-21(19)26-6-10-31-11-7-26/h2-5,14-15H,6-13H2,1H3,(H,25,28). The summed E-state index contributed by atoms with van der Waals surface area (Å²) in [5.41, 5.74) is 2.75. The molecule has 0 radical (unpaired) electrons. The predicted octanol–water partition coefficient (Wildman–Crippen LogP) is 2.25. The smallest absolute Gasteiger partial charge is 0.257 e. The molecule has 180 valence electrons. The minimum Gasteiger partial charge on any atom is -0.441 e. The lowest BCUT2D eigenvalue weighted by atomic mass is 10.1. The van der Waals surface area contributed by atoms with Gasteiger partial charge < -0.3 is 24.1 Å². The van der Waals surface area contributed by atoms with Gasteiger partial charge in [0.25, 0.3) is 5.91 Å². The van der Waals surface area contributed by atoms with Gasteiger partial charge in [-0.05, 0) is 36.4 Å². The number of ether oxygens (including phenoxy) is 2. The first-order chi connectivity index (χ1) is 16.4. The molecule has 0 saturated carbocycles. The highest BCUT2D eigenvalue weighted by atomic mass is 32.2. The maximum absolute atomic E-state index is 13.4. The first kappa shape index (κ1) is 22.8. The Kier molecular flexibility index (Phi) is 6.26. The SMILES string of the molecule is Cc1nc2cc(NC(=O)c3cc(S(=O)(=O)N4CCOCC4)ccc3N3CCOCC3)ccc2o1. The van der Waals surface area contributed by atoms with E-state index in [1.165, 1.54) is 10.4 Å². The summed E-state index contributed by atoms with van der Waals surface area (Å²) in [6.45, 7) is 5.32. The van der Waals surface area contributed by atoms with E-state index in [1.54, 1.807) is 37.3 Å². The van der Waals surface area contributed by atoms with Crippen LogP contribution in [-0.2, 0) is 19.5 Å². The van der Waals surface area contributed by atoms with Crippen molar-refractivity contribution >= 4 is 38.4 Å². The highest BCUT2D eigenvalue weighted by Crippen LogP contribution is 2.28. The molecule has 3 heterocycles. The number of aromatic nitrogens is 1. The molecular weight excluding hydrogens is 460 g/mol. The van der Waals surface area contributed by atoms with Crippen molar-refractivity contribution in [3.05, 3.63) is 47.9 Å². The third-order valence-corrected chi connectivity index (χ3v) is 7.82. The van der Waals surface area contributed by atoms with Gasteiger partial charge in [-0.3, -0.25) is 4.79 Å². The highest BCUT2D eigenvalue weighted by Gasteiger charge is 2.29. The molecular formula is C23H26N4O6S. The molecule has 2 aliphatic heterocycles. The number of nitrogens with zero attached hydrogens (tertiary/aromatic N) is 3. The molecule has 0 unspecified atom stereocenters. The lowest BCUT2D eigenvalue weighted by molar-refractivity contribution is 0.0730. The van der Waals surface area contributed by atoms with E-state index >= 15 is 0 Å². The fourth-order valence-electron chi connectivity index (χ4n) is 4.19. The zero-order valence-electron chi connectivity index (χ0n) is 18.8. The molecule has 2 aliphatic rings. The zero-order chi connectivity index (χ0) is 23.7. The molecule has 1 amide bonds. The number of hydrogen-bond donors (Lipinski definition) is 1. The van der Waals surface area contributed by atoms with E-state index in [-0.39, 0.29) is 23.5 Å². The van der Waals surface area contributed by atoms with Crippen LogP contribution in [0.15, 0.2) is 45.7 Å². The van der Waals surface area contributed by atoms with Crippen molar-refractivity contribution in [2.75, 3.05) is 62.8 Å². The first-order valence-electron chi connectivity index (χ1n) is 11.1. The number of rotatable bonds is 5. The van der Waals surface area contributed by atoms with Crippen LogP contribution in [-0.4, -0.2) is 76.2 Å². The van der Waals surface area contributed by atoms with Crippen LogP contribution in [0.3, 0.4) is 0 Å². The molecule has 2 fully saturated rings. The van der Waals surface area contributed by atoms with Gasteiger partial charge in [0, 0.05) is 44.5 Å². The molecule has 0 spiro atoms. The normalized spacial score (nSPS) is 17.7. The Balaban J connectivity index is 1.50. The number of carbonyl (C=O) groups excluding carboxylic acids is 1. The molecule has 0 atom stereocenters. The Bertz CT molecular complexity index is 1310. The van der Waals surface area contributed by atoms with E-state index in [9.17, 15) is 13.2 Å². The first-order valence-corrected chi connectivity index (χ1v) is 12.6. The van der Waals surface area contributed by atoms with E-state index < -0.39 is 15.9 Å². The van der Waals surface area contributed by atoms with E-state index in [2.05, 4.69) is 10.3 Å². The number of fused-ring (bicyclic) bond motifs is 1. The lowest BCUT2D eigenvalue weighted by Crippen LogP contribution is -2.41. The van der Waals surface area contributed by atoms with Crippen molar-refractivity contribution < 1.29 is 27.1 Å².